The zero-order chi connectivity index (χ0) is 20.8. The highest BCUT2D eigenvalue weighted by Crippen LogP contribution is 2.17. The summed E-state index contributed by atoms with van der Waals surface area (Å²) >= 11 is 0. The van der Waals surface area contributed by atoms with Gasteiger partial charge in [0.15, 0.2) is 5.78 Å². The van der Waals surface area contributed by atoms with Crippen molar-refractivity contribution in [2.75, 3.05) is 26.7 Å². The van der Waals surface area contributed by atoms with Crippen LogP contribution in [0.3, 0.4) is 0 Å². The first-order chi connectivity index (χ1) is 13.2. The zero-order valence-electron chi connectivity index (χ0n) is 16.7. The number of rotatable bonds is 7. The number of amides is 2. The number of nitrogens with zero attached hydrogens (tertiary/aromatic N) is 2. The summed E-state index contributed by atoms with van der Waals surface area (Å²) in [6, 6.07) is 5.65. The first-order valence-corrected chi connectivity index (χ1v) is 9.54. The fourth-order valence-corrected chi connectivity index (χ4v) is 3.38. The maximum atomic E-state index is 12.4. The number of aryl methyl sites for hydroxylation is 2. The minimum Gasteiger partial charge on any atom is -0.481 e. The van der Waals surface area contributed by atoms with Crippen molar-refractivity contribution in [1.29, 1.82) is 0 Å². The number of likely N-dealkylation sites (N-methyl/N-ethyl adjacent to an activating group) is 1. The quantitative estimate of drug-likeness (QED) is 0.722. The van der Waals surface area contributed by atoms with E-state index < -0.39 is 11.9 Å². The number of carbonyl (C=O) groups excluding carboxylic acids is 3. The summed E-state index contributed by atoms with van der Waals surface area (Å²) in [5.41, 5.74) is 2.49. The SMILES string of the molecule is Cc1ccc(C)c(C(=O)CCC(=O)N(C)CC(=O)N2CCCC(C(=O)O)C2)c1. The molecule has 0 bridgehead atoms. The lowest BCUT2D eigenvalue weighted by molar-refractivity contribution is -0.147. The fraction of sp³-hybridized carbons (Fsp3) is 0.524. The van der Waals surface area contributed by atoms with E-state index in [0.29, 0.717) is 24.9 Å². The summed E-state index contributed by atoms with van der Waals surface area (Å²) in [6.07, 6.45) is 1.33. The van der Waals surface area contributed by atoms with E-state index in [1.807, 2.05) is 32.0 Å². The van der Waals surface area contributed by atoms with Gasteiger partial charge in [-0.15, -0.1) is 0 Å². The first-order valence-electron chi connectivity index (χ1n) is 9.54. The lowest BCUT2D eigenvalue weighted by Gasteiger charge is -2.32. The molecule has 7 heteroatoms. The van der Waals surface area contributed by atoms with Gasteiger partial charge >= 0.3 is 5.97 Å². The number of carboxylic acids is 1. The highest BCUT2D eigenvalue weighted by molar-refractivity contribution is 5.99. The molecule has 0 aromatic heterocycles. The fourth-order valence-electron chi connectivity index (χ4n) is 3.38. The molecule has 0 radical (unpaired) electrons. The maximum Gasteiger partial charge on any atom is 0.308 e. The van der Waals surface area contributed by atoms with Gasteiger partial charge < -0.3 is 14.9 Å². The summed E-state index contributed by atoms with van der Waals surface area (Å²) in [5.74, 6) is -2.07. The van der Waals surface area contributed by atoms with Gasteiger partial charge in [-0.1, -0.05) is 17.7 Å². The zero-order valence-corrected chi connectivity index (χ0v) is 16.7. The van der Waals surface area contributed by atoms with Crippen molar-refractivity contribution in [3.63, 3.8) is 0 Å². The van der Waals surface area contributed by atoms with E-state index >= 15 is 0 Å². The van der Waals surface area contributed by atoms with Crippen molar-refractivity contribution in [3.05, 3.63) is 34.9 Å². The number of hydrogen-bond donors (Lipinski definition) is 1. The van der Waals surface area contributed by atoms with E-state index in [4.69, 9.17) is 5.11 Å². The Kier molecular flexibility index (Phi) is 7.31. The third-order valence-electron chi connectivity index (χ3n) is 5.18. The summed E-state index contributed by atoms with van der Waals surface area (Å²) in [6.45, 7) is 4.36. The molecular formula is C21H28N2O5. The second kappa shape index (κ2) is 9.48. The van der Waals surface area contributed by atoms with Gasteiger partial charge in [-0.3, -0.25) is 19.2 Å². The molecule has 1 atom stereocenters. The Morgan fingerprint density at radius 3 is 2.57 bits per heavy atom. The minimum absolute atomic E-state index is 0.0355. The van der Waals surface area contributed by atoms with Gasteiger partial charge in [0.1, 0.15) is 0 Å². The predicted octanol–water partition coefficient (Wildman–Crippen LogP) is 2.05. The topological polar surface area (TPSA) is 95.0 Å². The molecule has 2 rings (SSSR count). The number of hydrogen-bond acceptors (Lipinski definition) is 4. The molecular weight excluding hydrogens is 360 g/mol. The van der Waals surface area contributed by atoms with E-state index in [0.717, 1.165) is 11.1 Å². The van der Waals surface area contributed by atoms with Crippen LogP contribution >= 0.6 is 0 Å². The highest BCUT2D eigenvalue weighted by atomic mass is 16.4. The Hall–Kier alpha value is -2.70. The number of likely N-dealkylation sites (tertiary alicyclic amines) is 1. The molecule has 0 aliphatic carbocycles. The van der Waals surface area contributed by atoms with Crippen LogP contribution in [-0.2, 0) is 14.4 Å². The van der Waals surface area contributed by atoms with Crippen LogP contribution in [0.4, 0.5) is 0 Å². The molecule has 1 aromatic carbocycles. The molecule has 0 spiro atoms. The standard InChI is InChI=1S/C21H28N2O5/c1-14-6-7-15(2)17(11-14)18(24)8-9-19(25)22(3)13-20(26)23-10-4-5-16(12-23)21(27)28/h6-7,11,16H,4-5,8-10,12-13H2,1-3H3,(H,27,28). The Labute approximate surface area is 165 Å². The van der Waals surface area contributed by atoms with E-state index in [1.54, 1.807) is 0 Å². The number of aliphatic carboxylic acids is 1. The molecule has 1 aromatic rings. The Balaban J connectivity index is 1.85. The van der Waals surface area contributed by atoms with Crippen LogP contribution in [0.15, 0.2) is 18.2 Å². The first kappa shape index (κ1) is 21.6. The molecule has 1 heterocycles. The van der Waals surface area contributed by atoms with Crippen LogP contribution < -0.4 is 0 Å². The Morgan fingerprint density at radius 2 is 1.89 bits per heavy atom. The third kappa shape index (κ3) is 5.65. The second-order valence-electron chi connectivity index (χ2n) is 7.51. The van der Waals surface area contributed by atoms with Gasteiger partial charge in [-0.2, -0.15) is 0 Å². The predicted molar refractivity (Wildman–Crippen MR) is 104 cm³/mol. The van der Waals surface area contributed by atoms with Crippen molar-refractivity contribution in [1.82, 2.24) is 9.80 Å². The summed E-state index contributed by atoms with van der Waals surface area (Å²) in [4.78, 5) is 51.1. The summed E-state index contributed by atoms with van der Waals surface area (Å²) in [7, 11) is 1.53. The number of Topliss-reactive ketones (excluding diaryl/α,β-unsaturated/α-hetero) is 1. The Bertz CT molecular complexity index is 774. The molecule has 152 valence electrons. The van der Waals surface area contributed by atoms with Gasteiger partial charge in [-0.25, -0.2) is 0 Å². The molecule has 2 amide bonds. The van der Waals surface area contributed by atoms with Crippen LogP contribution in [0.1, 0.15) is 47.2 Å². The van der Waals surface area contributed by atoms with Crippen molar-refractivity contribution in [2.45, 2.75) is 39.5 Å². The number of benzene rings is 1. The number of piperidine rings is 1. The Morgan fingerprint density at radius 1 is 1.18 bits per heavy atom. The molecule has 1 unspecified atom stereocenters. The van der Waals surface area contributed by atoms with Crippen molar-refractivity contribution in [2.24, 2.45) is 5.92 Å². The third-order valence-corrected chi connectivity index (χ3v) is 5.18. The number of carbonyl (C=O) groups is 4. The van der Waals surface area contributed by atoms with Gasteiger partial charge in [0.25, 0.3) is 0 Å². The van der Waals surface area contributed by atoms with E-state index in [9.17, 15) is 19.2 Å². The molecule has 1 saturated heterocycles. The average Bonchev–Trinajstić information content (AvgIpc) is 2.67. The van der Waals surface area contributed by atoms with Crippen LogP contribution in [0.5, 0.6) is 0 Å². The van der Waals surface area contributed by atoms with E-state index in [2.05, 4.69) is 0 Å². The number of carboxylic acid groups (broad SMARTS) is 1. The minimum atomic E-state index is -0.896. The van der Waals surface area contributed by atoms with E-state index in [-0.39, 0.29) is 43.5 Å². The van der Waals surface area contributed by atoms with Crippen LogP contribution in [0.25, 0.3) is 0 Å². The largest absolute Gasteiger partial charge is 0.481 e. The maximum absolute atomic E-state index is 12.4. The van der Waals surface area contributed by atoms with Crippen molar-refractivity contribution in [3.8, 4) is 0 Å². The van der Waals surface area contributed by atoms with Crippen LogP contribution in [-0.4, -0.2) is 65.2 Å². The molecule has 1 N–H and O–H groups in total. The normalized spacial score (nSPS) is 16.5. The van der Waals surface area contributed by atoms with Crippen molar-refractivity contribution < 1.29 is 24.3 Å². The highest BCUT2D eigenvalue weighted by Gasteiger charge is 2.29. The number of ketones is 1. The van der Waals surface area contributed by atoms with Crippen LogP contribution in [0, 0.1) is 19.8 Å². The molecule has 1 fully saturated rings. The van der Waals surface area contributed by atoms with Crippen molar-refractivity contribution >= 4 is 23.6 Å². The lowest BCUT2D eigenvalue weighted by Crippen LogP contribution is -2.46. The molecule has 1 aliphatic rings. The average molecular weight is 388 g/mol. The molecule has 7 nitrogen and oxygen atoms in total. The second-order valence-corrected chi connectivity index (χ2v) is 7.51. The molecule has 1 aliphatic heterocycles. The van der Waals surface area contributed by atoms with E-state index in [1.165, 1.54) is 16.8 Å². The van der Waals surface area contributed by atoms with Gasteiger partial charge in [0, 0.05) is 38.5 Å². The summed E-state index contributed by atoms with van der Waals surface area (Å²) in [5, 5.41) is 9.13. The smallest absolute Gasteiger partial charge is 0.308 e. The monoisotopic (exact) mass is 388 g/mol. The van der Waals surface area contributed by atoms with Gasteiger partial charge in [-0.05, 0) is 38.3 Å². The molecule has 0 saturated carbocycles. The van der Waals surface area contributed by atoms with Crippen LogP contribution in [0.2, 0.25) is 0 Å². The summed E-state index contributed by atoms with van der Waals surface area (Å²) < 4.78 is 0. The lowest BCUT2D eigenvalue weighted by atomic mass is 9.98. The van der Waals surface area contributed by atoms with Gasteiger partial charge in [0.05, 0.1) is 12.5 Å². The molecule has 28 heavy (non-hydrogen) atoms. The van der Waals surface area contributed by atoms with Gasteiger partial charge in [0.2, 0.25) is 11.8 Å².